The zero-order chi connectivity index (χ0) is 11.7. The first-order chi connectivity index (χ1) is 7.58. The molecular weight excluding hydrogens is 228 g/mol. The van der Waals surface area contributed by atoms with Gasteiger partial charge >= 0.3 is 0 Å². The largest absolute Gasteiger partial charge is 0.344 e. The van der Waals surface area contributed by atoms with E-state index in [0.717, 1.165) is 12.8 Å². The van der Waals surface area contributed by atoms with Gasteiger partial charge in [0.2, 0.25) is 11.8 Å². The van der Waals surface area contributed by atoms with Crippen molar-refractivity contribution in [2.75, 3.05) is 13.1 Å². The number of amides is 2. The fraction of sp³-hybridized carbons (Fsp3) is 0.636. The third kappa shape index (κ3) is 2.55. The van der Waals surface area contributed by atoms with Crippen LogP contribution < -0.4 is 5.32 Å². The molecule has 88 valence electrons. The van der Waals surface area contributed by atoms with Crippen LogP contribution in [-0.4, -0.2) is 35.8 Å². The fourth-order valence-electron chi connectivity index (χ4n) is 1.96. The van der Waals surface area contributed by atoms with E-state index >= 15 is 0 Å². The molecule has 1 N–H and O–H groups in total. The normalized spacial score (nSPS) is 26.3. The van der Waals surface area contributed by atoms with Crippen LogP contribution in [0.3, 0.4) is 0 Å². The molecule has 5 heteroatoms. The summed E-state index contributed by atoms with van der Waals surface area (Å²) in [4.78, 5) is 25.2. The molecule has 2 amide bonds. The van der Waals surface area contributed by atoms with Crippen LogP contribution in [-0.2, 0) is 9.59 Å². The molecule has 1 atom stereocenters. The molecule has 0 aromatic rings. The SMILES string of the molecule is C=C(Cl)CN1CCC(=O)NC(C2CC2)C1=O. The van der Waals surface area contributed by atoms with Gasteiger partial charge in [-0.15, -0.1) is 0 Å². The third-order valence-corrected chi connectivity index (χ3v) is 3.08. The fourth-order valence-corrected chi connectivity index (χ4v) is 2.11. The molecule has 0 aromatic carbocycles. The lowest BCUT2D eigenvalue weighted by molar-refractivity contribution is -0.133. The van der Waals surface area contributed by atoms with Gasteiger partial charge in [0.25, 0.3) is 0 Å². The molecule has 0 aromatic heterocycles. The first-order valence-corrected chi connectivity index (χ1v) is 5.87. The van der Waals surface area contributed by atoms with Crippen molar-refractivity contribution in [3.63, 3.8) is 0 Å². The van der Waals surface area contributed by atoms with Crippen molar-refractivity contribution in [1.29, 1.82) is 0 Å². The predicted molar refractivity (Wildman–Crippen MR) is 60.8 cm³/mol. The van der Waals surface area contributed by atoms with E-state index in [1.54, 1.807) is 4.90 Å². The number of halogens is 1. The number of hydrogen-bond donors (Lipinski definition) is 1. The van der Waals surface area contributed by atoms with E-state index in [1.165, 1.54) is 0 Å². The average molecular weight is 243 g/mol. The minimum Gasteiger partial charge on any atom is -0.344 e. The number of nitrogens with one attached hydrogen (secondary N) is 1. The lowest BCUT2D eigenvalue weighted by atomic mass is 10.1. The molecular formula is C11H15ClN2O2. The highest BCUT2D eigenvalue weighted by Gasteiger charge is 2.40. The Morgan fingerprint density at radius 1 is 1.50 bits per heavy atom. The Morgan fingerprint density at radius 3 is 2.75 bits per heavy atom. The number of nitrogens with zero attached hydrogens (tertiary/aromatic N) is 1. The van der Waals surface area contributed by atoms with Crippen molar-refractivity contribution in [2.45, 2.75) is 25.3 Å². The van der Waals surface area contributed by atoms with Crippen molar-refractivity contribution in [2.24, 2.45) is 5.92 Å². The number of hydrogen-bond acceptors (Lipinski definition) is 2. The lowest BCUT2D eigenvalue weighted by Gasteiger charge is -2.23. The molecule has 1 aliphatic heterocycles. The topological polar surface area (TPSA) is 49.4 Å². The van der Waals surface area contributed by atoms with Gasteiger partial charge in [0, 0.05) is 18.0 Å². The van der Waals surface area contributed by atoms with Crippen LogP contribution in [0.5, 0.6) is 0 Å². The molecule has 1 unspecified atom stereocenters. The summed E-state index contributed by atoms with van der Waals surface area (Å²) < 4.78 is 0. The van der Waals surface area contributed by atoms with E-state index in [2.05, 4.69) is 11.9 Å². The van der Waals surface area contributed by atoms with E-state index in [0.29, 0.717) is 30.5 Å². The summed E-state index contributed by atoms with van der Waals surface area (Å²) in [6.45, 7) is 4.35. The second-order valence-corrected chi connectivity index (χ2v) is 4.94. The summed E-state index contributed by atoms with van der Waals surface area (Å²) >= 11 is 5.72. The second-order valence-electron chi connectivity index (χ2n) is 4.41. The van der Waals surface area contributed by atoms with Crippen LogP contribution in [0.4, 0.5) is 0 Å². The number of carbonyl (C=O) groups is 2. The first-order valence-electron chi connectivity index (χ1n) is 5.49. The third-order valence-electron chi connectivity index (χ3n) is 2.96. The quantitative estimate of drug-likeness (QED) is 0.798. The van der Waals surface area contributed by atoms with Gasteiger partial charge in [-0.1, -0.05) is 18.2 Å². The van der Waals surface area contributed by atoms with Crippen LogP contribution in [0.25, 0.3) is 0 Å². The van der Waals surface area contributed by atoms with E-state index in [4.69, 9.17) is 11.6 Å². The Kier molecular flexibility index (Phi) is 3.19. The average Bonchev–Trinajstić information content (AvgIpc) is 3.01. The molecule has 0 bridgehead atoms. The summed E-state index contributed by atoms with van der Waals surface area (Å²) in [5.41, 5.74) is 0. The summed E-state index contributed by atoms with van der Waals surface area (Å²) in [6.07, 6.45) is 2.39. The summed E-state index contributed by atoms with van der Waals surface area (Å²) in [5.74, 6) is 0.253. The molecule has 1 saturated heterocycles. The molecule has 2 aliphatic rings. The van der Waals surface area contributed by atoms with Crippen molar-refractivity contribution in [3.8, 4) is 0 Å². The van der Waals surface area contributed by atoms with Crippen molar-refractivity contribution in [3.05, 3.63) is 11.6 Å². The standard InChI is InChI=1S/C11H15ClN2O2/c1-7(12)6-14-5-4-9(15)13-10(11(14)16)8-2-3-8/h8,10H,1-6H2,(H,13,15). The Hall–Kier alpha value is -1.03. The zero-order valence-corrected chi connectivity index (χ0v) is 9.79. The Bertz CT molecular complexity index is 339. The minimum atomic E-state index is -0.342. The lowest BCUT2D eigenvalue weighted by Crippen LogP contribution is -2.46. The van der Waals surface area contributed by atoms with Gasteiger partial charge in [-0.05, 0) is 18.8 Å². The highest BCUT2D eigenvalue weighted by molar-refractivity contribution is 6.29. The van der Waals surface area contributed by atoms with Gasteiger partial charge in [0.1, 0.15) is 6.04 Å². The molecule has 1 heterocycles. The molecule has 1 aliphatic carbocycles. The van der Waals surface area contributed by atoms with Gasteiger partial charge in [0.05, 0.1) is 6.54 Å². The van der Waals surface area contributed by atoms with Gasteiger partial charge < -0.3 is 10.2 Å². The van der Waals surface area contributed by atoms with Gasteiger partial charge in [-0.3, -0.25) is 9.59 Å². The molecule has 0 radical (unpaired) electrons. The summed E-state index contributed by atoms with van der Waals surface area (Å²) in [5, 5.41) is 3.22. The second kappa shape index (κ2) is 4.45. The van der Waals surface area contributed by atoms with E-state index in [9.17, 15) is 9.59 Å². The molecule has 1 saturated carbocycles. The van der Waals surface area contributed by atoms with Crippen LogP contribution >= 0.6 is 11.6 Å². The maximum atomic E-state index is 12.1. The molecule has 16 heavy (non-hydrogen) atoms. The molecule has 2 fully saturated rings. The smallest absolute Gasteiger partial charge is 0.245 e. The Labute approximate surface area is 99.6 Å². The summed E-state index contributed by atoms with van der Waals surface area (Å²) in [7, 11) is 0. The molecule has 0 spiro atoms. The monoisotopic (exact) mass is 242 g/mol. The van der Waals surface area contributed by atoms with Gasteiger partial charge in [-0.2, -0.15) is 0 Å². The van der Waals surface area contributed by atoms with Crippen LogP contribution in [0.1, 0.15) is 19.3 Å². The van der Waals surface area contributed by atoms with Crippen LogP contribution in [0.15, 0.2) is 11.6 Å². The summed E-state index contributed by atoms with van der Waals surface area (Å²) in [6, 6.07) is -0.342. The highest BCUT2D eigenvalue weighted by Crippen LogP contribution is 2.34. The predicted octanol–water partition coefficient (Wildman–Crippen LogP) is 0.866. The number of carbonyl (C=O) groups excluding carboxylic acids is 2. The van der Waals surface area contributed by atoms with Crippen molar-refractivity contribution < 1.29 is 9.59 Å². The van der Waals surface area contributed by atoms with Crippen LogP contribution in [0, 0.1) is 5.92 Å². The van der Waals surface area contributed by atoms with E-state index < -0.39 is 0 Å². The van der Waals surface area contributed by atoms with Gasteiger partial charge in [-0.25, -0.2) is 0 Å². The van der Waals surface area contributed by atoms with Gasteiger partial charge in [0.15, 0.2) is 0 Å². The number of rotatable bonds is 3. The molecule has 2 rings (SSSR count). The maximum absolute atomic E-state index is 12.1. The zero-order valence-electron chi connectivity index (χ0n) is 9.04. The van der Waals surface area contributed by atoms with E-state index in [1.807, 2.05) is 0 Å². The van der Waals surface area contributed by atoms with Crippen molar-refractivity contribution in [1.82, 2.24) is 10.2 Å². The highest BCUT2D eigenvalue weighted by atomic mass is 35.5. The van der Waals surface area contributed by atoms with E-state index in [-0.39, 0.29) is 17.9 Å². The molecule has 4 nitrogen and oxygen atoms in total. The van der Waals surface area contributed by atoms with Crippen LogP contribution in [0.2, 0.25) is 0 Å². The Balaban J connectivity index is 2.10. The maximum Gasteiger partial charge on any atom is 0.245 e. The Morgan fingerprint density at radius 2 is 2.19 bits per heavy atom. The van der Waals surface area contributed by atoms with Crippen molar-refractivity contribution >= 4 is 23.4 Å². The first kappa shape index (κ1) is 11.5. The minimum absolute atomic E-state index is 0.0184.